The maximum absolute atomic E-state index is 14.3. The number of methoxy groups -OCH3 is 1. The Morgan fingerprint density at radius 3 is 2.30 bits per heavy atom. The third-order valence-corrected chi connectivity index (χ3v) is 11.3. The Hall–Kier alpha value is -1.67. The molecule has 3 heterocycles. The molecule has 0 aromatic heterocycles. The zero-order valence-corrected chi connectivity index (χ0v) is 33.4. The molecule has 3 saturated heterocycles. The van der Waals surface area contributed by atoms with Gasteiger partial charge >= 0.3 is 5.97 Å². The van der Waals surface area contributed by atoms with Crippen LogP contribution in [0, 0.1) is 29.1 Å². The number of carbonyl (C=O) groups excluding carboxylic acids is 3. The number of ether oxygens (including phenoxy) is 4. The van der Waals surface area contributed by atoms with Crippen molar-refractivity contribution in [2.75, 3.05) is 74.6 Å². The summed E-state index contributed by atoms with van der Waals surface area (Å²) in [5, 5.41) is 11.4. The van der Waals surface area contributed by atoms with E-state index in [1.54, 1.807) is 27.9 Å². The van der Waals surface area contributed by atoms with E-state index in [1.165, 1.54) is 0 Å². The number of amides is 1. The van der Waals surface area contributed by atoms with E-state index in [0.29, 0.717) is 44.8 Å². The third-order valence-electron chi connectivity index (χ3n) is 11.3. The lowest BCUT2D eigenvalue weighted by atomic mass is 9.74. The van der Waals surface area contributed by atoms with Crippen molar-refractivity contribution in [2.45, 2.75) is 123 Å². The average molecular weight is 711 g/mol. The number of cyclic esters (lactones) is 1. The summed E-state index contributed by atoms with van der Waals surface area (Å²) in [4.78, 5) is 49.4. The summed E-state index contributed by atoms with van der Waals surface area (Å²) in [6.45, 7) is 19.4. The molecule has 0 spiro atoms. The van der Waals surface area contributed by atoms with Crippen molar-refractivity contribution >= 4 is 17.7 Å². The van der Waals surface area contributed by atoms with E-state index in [-0.39, 0.29) is 48.3 Å². The first kappa shape index (κ1) is 42.7. The summed E-state index contributed by atoms with van der Waals surface area (Å²) in [6.07, 6.45) is -0.401. The molecule has 3 fully saturated rings. The Morgan fingerprint density at radius 1 is 1.08 bits per heavy atom. The highest BCUT2D eigenvalue weighted by atomic mass is 16.7. The first-order valence-electron chi connectivity index (χ1n) is 18.8. The Bertz CT molecular complexity index is 1130. The average Bonchev–Trinajstić information content (AvgIpc) is 2.99. The van der Waals surface area contributed by atoms with Gasteiger partial charge in [-0.1, -0.05) is 27.7 Å². The van der Waals surface area contributed by atoms with E-state index >= 15 is 0 Å². The number of aliphatic hydroxyl groups excluding tert-OH is 1. The molecule has 0 aliphatic carbocycles. The summed E-state index contributed by atoms with van der Waals surface area (Å²) in [6, 6.07) is -0.314. The van der Waals surface area contributed by atoms with Gasteiger partial charge in [-0.2, -0.15) is 0 Å². The number of esters is 1. The molecule has 3 rings (SSSR count). The molecule has 12 heteroatoms. The van der Waals surface area contributed by atoms with Crippen molar-refractivity contribution in [3.63, 3.8) is 0 Å². The van der Waals surface area contributed by atoms with Gasteiger partial charge in [-0.15, -0.1) is 0 Å². The molecule has 9 atom stereocenters. The number of hydrogen-bond donors (Lipinski definition) is 1. The van der Waals surface area contributed by atoms with E-state index in [4.69, 9.17) is 18.9 Å². The van der Waals surface area contributed by atoms with Gasteiger partial charge in [0.25, 0.3) is 0 Å². The van der Waals surface area contributed by atoms with Crippen LogP contribution >= 0.6 is 0 Å². The Labute approximate surface area is 302 Å². The monoisotopic (exact) mass is 711 g/mol. The summed E-state index contributed by atoms with van der Waals surface area (Å²) in [5.41, 5.74) is -2.42. The fourth-order valence-corrected chi connectivity index (χ4v) is 8.39. The number of Topliss-reactive ketones (excluding diaryl/α,β-unsaturated/α-hetero) is 1. The lowest BCUT2D eigenvalue weighted by Gasteiger charge is -2.47. The zero-order chi connectivity index (χ0) is 37.7. The van der Waals surface area contributed by atoms with Crippen molar-refractivity contribution < 1.29 is 38.4 Å². The number of likely N-dealkylation sites (N-methyl/N-ethyl adjacent to an activating group) is 2. The van der Waals surface area contributed by atoms with Gasteiger partial charge in [0.2, 0.25) is 5.91 Å². The lowest BCUT2D eigenvalue weighted by molar-refractivity contribution is -0.295. The lowest BCUT2D eigenvalue weighted by Crippen LogP contribution is -2.60. The van der Waals surface area contributed by atoms with Crippen LogP contribution in [0.15, 0.2) is 0 Å². The van der Waals surface area contributed by atoms with Crippen molar-refractivity contribution in [3.05, 3.63) is 0 Å². The van der Waals surface area contributed by atoms with Crippen LogP contribution in [0.25, 0.3) is 0 Å². The van der Waals surface area contributed by atoms with Gasteiger partial charge < -0.3 is 38.8 Å². The van der Waals surface area contributed by atoms with Crippen molar-refractivity contribution in [2.24, 2.45) is 29.1 Å². The molecule has 3 aliphatic heterocycles. The highest BCUT2D eigenvalue weighted by molar-refractivity contribution is 6.04. The third kappa shape index (κ3) is 10.5. The largest absolute Gasteiger partial charge is 0.463 e. The molecule has 0 bridgehead atoms. The van der Waals surface area contributed by atoms with Crippen LogP contribution in [-0.4, -0.2) is 159 Å². The van der Waals surface area contributed by atoms with Crippen LogP contribution in [0.4, 0.5) is 0 Å². The van der Waals surface area contributed by atoms with Crippen LogP contribution in [0.3, 0.4) is 0 Å². The topological polar surface area (TPSA) is 121 Å². The van der Waals surface area contributed by atoms with Crippen LogP contribution in [0.5, 0.6) is 0 Å². The molecular weight excluding hydrogens is 640 g/mol. The predicted octanol–water partition coefficient (Wildman–Crippen LogP) is 3.14. The summed E-state index contributed by atoms with van der Waals surface area (Å²) in [7, 11) is 9.59. The van der Waals surface area contributed by atoms with Crippen molar-refractivity contribution in [1.29, 1.82) is 0 Å². The molecule has 50 heavy (non-hydrogen) atoms. The van der Waals surface area contributed by atoms with Crippen LogP contribution in [-0.2, 0) is 33.3 Å². The molecule has 290 valence electrons. The van der Waals surface area contributed by atoms with Gasteiger partial charge in [0.05, 0.1) is 17.8 Å². The molecular formula is C38H70N4O8. The normalized spacial score (nSPS) is 35.4. The number of carbonyl (C=O) groups is 3. The molecule has 0 saturated carbocycles. The van der Waals surface area contributed by atoms with E-state index in [1.807, 2.05) is 44.8 Å². The van der Waals surface area contributed by atoms with Gasteiger partial charge in [-0.25, -0.2) is 0 Å². The first-order valence-corrected chi connectivity index (χ1v) is 18.8. The molecule has 0 aromatic rings. The summed E-state index contributed by atoms with van der Waals surface area (Å²) in [5.74, 6) is -0.718. The molecule has 0 radical (unpaired) electrons. The quantitative estimate of drug-likeness (QED) is 0.252. The minimum absolute atomic E-state index is 0.0941. The number of ketones is 1. The Balaban J connectivity index is 1.81. The maximum atomic E-state index is 14.3. The smallest absolute Gasteiger partial charge is 0.319 e. The number of aliphatic hydroxyl groups is 1. The molecule has 1 N–H and O–H groups in total. The second kappa shape index (κ2) is 17.9. The SMILES string of the molecule is CO[C@]1(C)C[C@@H](C)CN(C)[C@H](C2CN(C(=O)CCCN(C)CC(C)C)C2)COC(=O)C(C)(C)C(=O)[C@H](C)[C@H]1O[C@@H]1O[C@H](C)C[C@H](N(C)C)[C@H]1O. The van der Waals surface area contributed by atoms with Gasteiger partial charge in [0.15, 0.2) is 12.1 Å². The van der Waals surface area contributed by atoms with Crippen molar-refractivity contribution in [3.8, 4) is 0 Å². The zero-order valence-electron chi connectivity index (χ0n) is 33.4. The molecule has 0 aromatic carbocycles. The van der Waals surface area contributed by atoms with Crippen molar-refractivity contribution in [1.82, 2.24) is 19.6 Å². The summed E-state index contributed by atoms with van der Waals surface area (Å²) < 4.78 is 25.0. The van der Waals surface area contributed by atoms with E-state index in [0.717, 1.165) is 19.5 Å². The standard InChI is InChI=1S/C38H70N4O8/c1-24(2)19-40(11)16-14-15-31(43)42-21-28(22-42)30-23-48-36(46)37(6,7)33(45)27(5)34(38(8,47-13)18-25(3)20-41(30)12)50-35-32(44)29(39(9)10)17-26(4)49-35/h24-30,32,34-35,44H,14-23H2,1-13H3/t25-,26-,27+,29+,30+,32-,34-,35+,38-/m1/s1. The first-order chi connectivity index (χ1) is 23.2. The number of nitrogens with zero attached hydrogens (tertiary/aromatic N) is 4. The number of rotatable bonds is 11. The molecule has 3 aliphatic rings. The van der Waals surface area contributed by atoms with E-state index in [2.05, 4.69) is 37.6 Å². The molecule has 12 nitrogen and oxygen atoms in total. The van der Waals surface area contributed by atoms with Crippen LogP contribution in [0.2, 0.25) is 0 Å². The van der Waals surface area contributed by atoms with Gasteiger partial charge in [0.1, 0.15) is 18.1 Å². The second-order valence-corrected chi connectivity index (χ2v) is 17.2. The number of likely N-dealkylation sites (tertiary alicyclic amines) is 1. The van der Waals surface area contributed by atoms with Crippen LogP contribution < -0.4 is 0 Å². The highest BCUT2D eigenvalue weighted by Crippen LogP contribution is 2.38. The molecule has 1 amide bonds. The Morgan fingerprint density at radius 2 is 1.72 bits per heavy atom. The van der Waals surface area contributed by atoms with E-state index < -0.39 is 41.4 Å². The van der Waals surface area contributed by atoms with Gasteiger partial charge in [-0.05, 0) is 93.5 Å². The minimum atomic E-state index is -1.46. The van der Waals surface area contributed by atoms with Crippen LogP contribution in [0.1, 0.15) is 81.1 Å². The summed E-state index contributed by atoms with van der Waals surface area (Å²) >= 11 is 0. The van der Waals surface area contributed by atoms with Gasteiger partial charge in [-0.3, -0.25) is 19.3 Å². The molecule has 0 unspecified atom stereocenters. The number of hydrogen-bond acceptors (Lipinski definition) is 11. The highest BCUT2D eigenvalue weighted by Gasteiger charge is 2.52. The van der Waals surface area contributed by atoms with Gasteiger partial charge in [0, 0.05) is 63.6 Å². The maximum Gasteiger partial charge on any atom is 0.319 e. The van der Waals surface area contributed by atoms with E-state index in [9.17, 15) is 19.5 Å². The fraction of sp³-hybridized carbons (Fsp3) is 0.921. The minimum Gasteiger partial charge on any atom is -0.463 e. The Kier molecular flexibility index (Phi) is 15.3. The fourth-order valence-electron chi connectivity index (χ4n) is 8.39. The predicted molar refractivity (Wildman–Crippen MR) is 193 cm³/mol. The second-order valence-electron chi connectivity index (χ2n) is 17.2.